The minimum Gasteiger partial charge on any atom is -0.333 e. The molecule has 0 bridgehead atoms. The first kappa shape index (κ1) is 11.2. The molecule has 0 amide bonds. The van der Waals surface area contributed by atoms with Gasteiger partial charge in [-0.15, -0.1) is 11.0 Å². The largest absolute Gasteiger partial charge is 0.333 e. The zero-order valence-electron chi connectivity index (χ0n) is 8.38. The van der Waals surface area contributed by atoms with Gasteiger partial charge in [0, 0.05) is 5.75 Å². The Balaban J connectivity index is 2.40. The van der Waals surface area contributed by atoms with Crippen molar-refractivity contribution in [1.82, 2.24) is 0 Å². The summed E-state index contributed by atoms with van der Waals surface area (Å²) in [4.78, 5) is 0.220. The summed E-state index contributed by atoms with van der Waals surface area (Å²) in [5.74, 6) is 0.615. The Morgan fingerprint density at radius 3 is 2.94 bits per heavy atom. The van der Waals surface area contributed by atoms with Gasteiger partial charge in [-0.1, -0.05) is 30.0 Å². The smallest absolute Gasteiger partial charge is 0.286 e. The Labute approximate surface area is 98.5 Å². The Bertz CT molecular complexity index is 550. The molecule has 16 heavy (non-hydrogen) atoms. The summed E-state index contributed by atoms with van der Waals surface area (Å²) < 4.78 is 27.2. The number of fused-ring (bicyclic) bond motifs is 1. The molecule has 0 atom stereocenters. The highest BCUT2D eigenvalue weighted by Gasteiger charge is 2.23. The minimum atomic E-state index is -3.55. The number of amidine groups is 1. The monoisotopic (exact) mass is 254 g/mol. The van der Waals surface area contributed by atoms with Crippen molar-refractivity contribution in [3.05, 3.63) is 36.9 Å². The number of anilines is 1. The van der Waals surface area contributed by atoms with Gasteiger partial charge in [-0.2, -0.15) is 8.42 Å². The second-order valence-corrected chi connectivity index (χ2v) is 5.67. The van der Waals surface area contributed by atoms with Crippen molar-refractivity contribution in [2.24, 2.45) is 4.40 Å². The van der Waals surface area contributed by atoms with Crippen LogP contribution < -0.4 is 5.32 Å². The van der Waals surface area contributed by atoms with Gasteiger partial charge >= 0.3 is 0 Å². The van der Waals surface area contributed by atoms with Gasteiger partial charge in [0.25, 0.3) is 10.0 Å². The van der Waals surface area contributed by atoms with E-state index in [1.54, 1.807) is 24.3 Å². The van der Waals surface area contributed by atoms with Crippen LogP contribution in [-0.4, -0.2) is 19.3 Å². The molecule has 0 fully saturated rings. The molecule has 0 saturated heterocycles. The summed E-state index contributed by atoms with van der Waals surface area (Å²) in [5.41, 5.74) is 0.573. The third kappa shape index (κ3) is 2.12. The fourth-order valence-electron chi connectivity index (χ4n) is 1.29. The number of nitrogens with zero attached hydrogens (tertiary/aromatic N) is 1. The maximum Gasteiger partial charge on any atom is 0.286 e. The van der Waals surface area contributed by atoms with Crippen LogP contribution in [0, 0.1) is 0 Å². The third-order valence-corrected chi connectivity index (χ3v) is 4.27. The Morgan fingerprint density at radius 2 is 2.19 bits per heavy atom. The maximum absolute atomic E-state index is 11.8. The van der Waals surface area contributed by atoms with Crippen molar-refractivity contribution in [1.29, 1.82) is 0 Å². The summed E-state index contributed by atoms with van der Waals surface area (Å²) in [7, 11) is -3.55. The molecule has 6 heteroatoms. The predicted octanol–water partition coefficient (Wildman–Crippen LogP) is 2.08. The van der Waals surface area contributed by atoms with E-state index in [1.807, 2.05) is 0 Å². The standard InChI is InChI=1S/C10H10N2O2S2/c1-2-7-15-10-11-8-5-3-4-6-9(8)16(13,14)12-10/h2-6H,1,7H2,(H,11,12). The van der Waals surface area contributed by atoms with E-state index in [4.69, 9.17) is 0 Å². The van der Waals surface area contributed by atoms with Crippen molar-refractivity contribution >= 4 is 32.6 Å². The van der Waals surface area contributed by atoms with Crippen molar-refractivity contribution in [3.8, 4) is 0 Å². The van der Waals surface area contributed by atoms with Gasteiger partial charge in [-0.05, 0) is 12.1 Å². The van der Waals surface area contributed by atoms with E-state index in [2.05, 4.69) is 16.3 Å². The van der Waals surface area contributed by atoms with Crippen LogP contribution in [0.25, 0.3) is 0 Å². The van der Waals surface area contributed by atoms with Crippen molar-refractivity contribution in [2.45, 2.75) is 4.90 Å². The molecule has 0 aromatic heterocycles. The molecule has 1 N–H and O–H groups in total. The normalized spacial score (nSPS) is 16.9. The number of nitrogens with one attached hydrogen (secondary N) is 1. The molecule has 0 unspecified atom stereocenters. The molecule has 0 spiro atoms. The summed E-state index contributed by atoms with van der Waals surface area (Å²) >= 11 is 1.30. The Kier molecular flexibility index (Phi) is 3.02. The first-order chi connectivity index (χ1) is 7.63. The quantitative estimate of drug-likeness (QED) is 0.821. The predicted molar refractivity (Wildman–Crippen MR) is 67.3 cm³/mol. The molecule has 4 nitrogen and oxygen atoms in total. The summed E-state index contributed by atoms with van der Waals surface area (Å²) in [6.07, 6.45) is 1.70. The molecule has 1 aliphatic rings. The molecular formula is C10H10N2O2S2. The second-order valence-electron chi connectivity index (χ2n) is 3.09. The molecule has 1 heterocycles. The van der Waals surface area contributed by atoms with E-state index in [9.17, 15) is 8.42 Å². The van der Waals surface area contributed by atoms with Crippen LogP contribution in [-0.2, 0) is 10.0 Å². The lowest BCUT2D eigenvalue weighted by Gasteiger charge is -2.16. The number of para-hydroxylation sites is 1. The van der Waals surface area contributed by atoms with E-state index in [1.165, 1.54) is 17.8 Å². The maximum atomic E-state index is 11.8. The fourth-order valence-corrected chi connectivity index (χ4v) is 3.26. The first-order valence-electron chi connectivity index (χ1n) is 4.58. The van der Waals surface area contributed by atoms with Gasteiger partial charge in [0.05, 0.1) is 5.69 Å². The molecular weight excluding hydrogens is 244 g/mol. The Hall–Kier alpha value is -1.27. The number of sulfonamides is 1. The molecule has 0 radical (unpaired) electrons. The Morgan fingerprint density at radius 1 is 1.44 bits per heavy atom. The SMILES string of the molecule is C=CCSC1=NS(=O)(=O)c2ccccc2N1. The van der Waals surface area contributed by atoms with Gasteiger partial charge in [0.1, 0.15) is 4.90 Å². The van der Waals surface area contributed by atoms with E-state index in [-0.39, 0.29) is 4.90 Å². The number of benzene rings is 1. The van der Waals surface area contributed by atoms with Crippen molar-refractivity contribution < 1.29 is 8.42 Å². The summed E-state index contributed by atoms with van der Waals surface area (Å²) in [6.45, 7) is 3.57. The first-order valence-corrected chi connectivity index (χ1v) is 7.01. The number of hydrogen-bond donors (Lipinski definition) is 1. The topological polar surface area (TPSA) is 58.5 Å². The van der Waals surface area contributed by atoms with E-state index in [0.29, 0.717) is 16.6 Å². The molecule has 0 saturated carbocycles. The zero-order chi connectivity index (χ0) is 11.6. The van der Waals surface area contributed by atoms with Gasteiger partial charge in [-0.25, -0.2) is 0 Å². The minimum absolute atomic E-state index is 0.220. The van der Waals surface area contributed by atoms with Crippen LogP contribution in [0.5, 0.6) is 0 Å². The molecule has 84 valence electrons. The summed E-state index contributed by atoms with van der Waals surface area (Å²) in [5, 5.41) is 3.36. The fraction of sp³-hybridized carbons (Fsp3) is 0.100. The van der Waals surface area contributed by atoms with E-state index < -0.39 is 10.0 Å². The molecule has 1 aliphatic heterocycles. The number of rotatable bonds is 2. The lowest BCUT2D eigenvalue weighted by Crippen LogP contribution is -2.18. The van der Waals surface area contributed by atoms with Gasteiger partial charge in [0.15, 0.2) is 5.17 Å². The second kappa shape index (κ2) is 4.31. The van der Waals surface area contributed by atoms with Crippen LogP contribution in [0.4, 0.5) is 5.69 Å². The molecule has 0 aliphatic carbocycles. The molecule has 1 aromatic rings. The lowest BCUT2D eigenvalue weighted by molar-refractivity contribution is 0.598. The van der Waals surface area contributed by atoms with Gasteiger partial charge < -0.3 is 5.32 Å². The van der Waals surface area contributed by atoms with Crippen LogP contribution >= 0.6 is 11.8 Å². The molecule has 1 aromatic carbocycles. The van der Waals surface area contributed by atoms with Crippen LogP contribution in [0.3, 0.4) is 0 Å². The van der Waals surface area contributed by atoms with Crippen molar-refractivity contribution in [3.63, 3.8) is 0 Å². The van der Waals surface area contributed by atoms with Crippen LogP contribution in [0.1, 0.15) is 0 Å². The van der Waals surface area contributed by atoms with Gasteiger partial charge in [0.2, 0.25) is 0 Å². The summed E-state index contributed by atoms with van der Waals surface area (Å²) in [6, 6.07) is 6.71. The van der Waals surface area contributed by atoms with E-state index >= 15 is 0 Å². The average molecular weight is 254 g/mol. The zero-order valence-corrected chi connectivity index (χ0v) is 10.0. The van der Waals surface area contributed by atoms with Crippen LogP contribution in [0.15, 0.2) is 46.2 Å². The highest BCUT2D eigenvalue weighted by molar-refractivity contribution is 8.15. The number of hydrogen-bond acceptors (Lipinski definition) is 4. The average Bonchev–Trinajstić information content (AvgIpc) is 2.25. The lowest BCUT2D eigenvalue weighted by atomic mass is 10.3. The molecule has 2 rings (SSSR count). The number of thioether (sulfide) groups is 1. The third-order valence-electron chi connectivity index (χ3n) is 1.95. The van der Waals surface area contributed by atoms with Gasteiger partial charge in [-0.3, -0.25) is 0 Å². The highest BCUT2D eigenvalue weighted by Crippen LogP contribution is 2.28. The van der Waals surface area contributed by atoms with Crippen LogP contribution in [0.2, 0.25) is 0 Å². The van der Waals surface area contributed by atoms with Crippen molar-refractivity contribution in [2.75, 3.05) is 11.1 Å². The highest BCUT2D eigenvalue weighted by atomic mass is 32.2. The van der Waals surface area contributed by atoms with E-state index in [0.717, 1.165) is 0 Å².